The maximum Gasteiger partial charge on any atom is 0.0931 e. The number of rotatable bonds is 6. The molecule has 86 valence electrons. The molecule has 3 N–H and O–H groups in total. The number of hydrogen-bond acceptors (Lipinski definition) is 4. The molecule has 0 aliphatic rings. The van der Waals surface area contributed by atoms with Crippen LogP contribution in [0.5, 0.6) is 0 Å². The first-order valence-electron chi connectivity index (χ1n) is 4.99. The molecular weight excluding hydrogens is 232 g/mol. The Bertz CT molecular complexity index is 293. The molecule has 0 aliphatic carbocycles. The first-order valence-corrected chi connectivity index (χ1v) is 6.18. The van der Waals surface area contributed by atoms with Gasteiger partial charge in [0.1, 0.15) is 0 Å². The number of ether oxygens (including phenoxy) is 1. The minimum atomic E-state index is 0.0980. The van der Waals surface area contributed by atoms with Crippen molar-refractivity contribution in [1.82, 2.24) is 5.43 Å². The van der Waals surface area contributed by atoms with E-state index in [1.54, 1.807) is 11.3 Å². The zero-order valence-corrected chi connectivity index (χ0v) is 10.6. The van der Waals surface area contributed by atoms with Gasteiger partial charge in [0, 0.05) is 17.9 Å². The van der Waals surface area contributed by atoms with E-state index in [0.29, 0.717) is 6.61 Å². The van der Waals surface area contributed by atoms with Gasteiger partial charge < -0.3 is 4.74 Å². The molecule has 2 unspecified atom stereocenters. The van der Waals surface area contributed by atoms with Crippen LogP contribution in [0.2, 0.25) is 4.34 Å². The lowest BCUT2D eigenvalue weighted by Gasteiger charge is -2.22. The van der Waals surface area contributed by atoms with Crippen molar-refractivity contribution in [2.75, 3.05) is 6.61 Å². The lowest BCUT2D eigenvalue weighted by atomic mass is 10.1. The Labute approximate surface area is 99.5 Å². The van der Waals surface area contributed by atoms with Crippen LogP contribution < -0.4 is 11.3 Å². The van der Waals surface area contributed by atoms with Crippen LogP contribution >= 0.6 is 22.9 Å². The van der Waals surface area contributed by atoms with E-state index < -0.39 is 0 Å². The van der Waals surface area contributed by atoms with Crippen LogP contribution in [0.4, 0.5) is 0 Å². The van der Waals surface area contributed by atoms with Gasteiger partial charge in [-0.25, -0.2) is 0 Å². The quantitative estimate of drug-likeness (QED) is 0.599. The molecule has 1 heterocycles. The largest absolute Gasteiger partial charge is 0.377 e. The molecule has 1 aromatic rings. The van der Waals surface area contributed by atoms with E-state index >= 15 is 0 Å². The van der Waals surface area contributed by atoms with Crippen LogP contribution in [-0.4, -0.2) is 18.8 Å². The normalized spacial score (nSPS) is 15.2. The Morgan fingerprint density at radius 3 is 2.80 bits per heavy atom. The minimum absolute atomic E-state index is 0.0980. The second-order valence-electron chi connectivity index (χ2n) is 3.34. The van der Waals surface area contributed by atoms with Gasteiger partial charge in [0.05, 0.1) is 16.5 Å². The molecule has 0 saturated carbocycles. The molecule has 1 aromatic heterocycles. The monoisotopic (exact) mass is 248 g/mol. The molecule has 5 heteroatoms. The molecule has 0 saturated heterocycles. The van der Waals surface area contributed by atoms with Crippen molar-refractivity contribution in [1.29, 1.82) is 0 Å². The molecule has 15 heavy (non-hydrogen) atoms. The van der Waals surface area contributed by atoms with Crippen LogP contribution in [0.25, 0.3) is 0 Å². The number of halogens is 1. The summed E-state index contributed by atoms with van der Waals surface area (Å²) in [6, 6.07) is 4.05. The number of nitrogens with two attached hydrogens (primary N) is 1. The van der Waals surface area contributed by atoms with E-state index in [9.17, 15) is 0 Å². The number of nitrogens with one attached hydrogen (secondary N) is 1. The molecule has 0 aliphatic heterocycles. The van der Waals surface area contributed by atoms with E-state index in [-0.39, 0.29) is 12.1 Å². The third-order valence-corrected chi connectivity index (χ3v) is 3.51. The van der Waals surface area contributed by atoms with Crippen molar-refractivity contribution < 1.29 is 4.74 Å². The molecular formula is C10H17ClN2OS. The Kier molecular flexibility index (Phi) is 5.56. The first kappa shape index (κ1) is 12.9. The molecule has 0 bridgehead atoms. The third kappa shape index (κ3) is 4.09. The number of hydrogen-bond donors (Lipinski definition) is 2. The Hall–Kier alpha value is -0.130. The number of thiophene rings is 1. The summed E-state index contributed by atoms with van der Waals surface area (Å²) >= 11 is 7.44. The summed E-state index contributed by atoms with van der Waals surface area (Å²) in [5.41, 5.74) is 2.78. The van der Waals surface area contributed by atoms with Crippen molar-refractivity contribution in [2.24, 2.45) is 5.84 Å². The molecule has 0 radical (unpaired) electrons. The lowest BCUT2D eigenvalue weighted by molar-refractivity contribution is 0.0478. The van der Waals surface area contributed by atoms with Gasteiger partial charge in [-0.05, 0) is 26.0 Å². The molecule has 2 atom stereocenters. The predicted molar refractivity (Wildman–Crippen MR) is 65.2 cm³/mol. The molecule has 0 fully saturated rings. The molecule has 0 aromatic carbocycles. The average Bonchev–Trinajstić information content (AvgIpc) is 2.61. The van der Waals surface area contributed by atoms with E-state index in [2.05, 4.69) is 5.43 Å². The van der Waals surface area contributed by atoms with Crippen LogP contribution in [0.3, 0.4) is 0 Å². The van der Waals surface area contributed by atoms with Crippen molar-refractivity contribution in [3.63, 3.8) is 0 Å². The van der Waals surface area contributed by atoms with Gasteiger partial charge in [0.2, 0.25) is 0 Å². The first-order chi connectivity index (χ1) is 7.17. The highest BCUT2D eigenvalue weighted by atomic mass is 35.5. The van der Waals surface area contributed by atoms with Crippen LogP contribution in [0.15, 0.2) is 12.1 Å². The second-order valence-corrected chi connectivity index (χ2v) is 5.14. The van der Waals surface area contributed by atoms with Crippen molar-refractivity contribution in [3.05, 3.63) is 21.3 Å². The maximum atomic E-state index is 5.86. The highest BCUT2D eigenvalue weighted by molar-refractivity contribution is 7.16. The fourth-order valence-corrected chi connectivity index (χ4v) is 2.56. The van der Waals surface area contributed by atoms with Gasteiger partial charge in [-0.15, -0.1) is 11.3 Å². The van der Waals surface area contributed by atoms with E-state index in [1.807, 2.05) is 26.0 Å². The minimum Gasteiger partial charge on any atom is -0.377 e. The number of hydrazine groups is 1. The third-order valence-electron chi connectivity index (χ3n) is 2.26. The summed E-state index contributed by atoms with van der Waals surface area (Å²) in [4.78, 5) is 1.22. The standard InChI is InChI=1S/C10H17ClN2OS/c1-3-14-7(2)9(13-12)6-8-4-5-10(11)15-8/h4-5,7,9,13H,3,6,12H2,1-2H3. The van der Waals surface area contributed by atoms with Gasteiger partial charge in [0.15, 0.2) is 0 Å². The summed E-state index contributed by atoms with van der Waals surface area (Å²) in [6.07, 6.45) is 0.940. The van der Waals surface area contributed by atoms with E-state index in [1.165, 1.54) is 4.88 Å². The summed E-state index contributed by atoms with van der Waals surface area (Å²) in [5, 5.41) is 0. The van der Waals surface area contributed by atoms with E-state index in [4.69, 9.17) is 22.2 Å². The van der Waals surface area contributed by atoms with Crippen LogP contribution in [0.1, 0.15) is 18.7 Å². The fraction of sp³-hybridized carbons (Fsp3) is 0.600. The van der Waals surface area contributed by atoms with Gasteiger partial charge in [-0.1, -0.05) is 11.6 Å². The van der Waals surface area contributed by atoms with Crippen molar-refractivity contribution in [3.8, 4) is 0 Å². The Balaban J connectivity index is 2.53. The van der Waals surface area contributed by atoms with Crippen LogP contribution in [-0.2, 0) is 11.2 Å². The smallest absolute Gasteiger partial charge is 0.0931 e. The lowest BCUT2D eigenvalue weighted by Crippen LogP contribution is -2.45. The Morgan fingerprint density at radius 2 is 2.33 bits per heavy atom. The van der Waals surface area contributed by atoms with Gasteiger partial charge in [0.25, 0.3) is 0 Å². The zero-order chi connectivity index (χ0) is 11.3. The molecule has 0 spiro atoms. The van der Waals surface area contributed by atoms with Gasteiger partial charge in [-0.2, -0.15) is 0 Å². The maximum absolute atomic E-state index is 5.86. The summed E-state index contributed by atoms with van der Waals surface area (Å²) in [6.45, 7) is 4.69. The highest BCUT2D eigenvalue weighted by Gasteiger charge is 2.17. The fourth-order valence-electron chi connectivity index (χ4n) is 1.42. The second kappa shape index (κ2) is 6.45. The Morgan fingerprint density at radius 1 is 1.60 bits per heavy atom. The molecule has 0 amide bonds. The summed E-state index contributed by atoms with van der Waals surface area (Å²) in [7, 11) is 0. The van der Waals surface area contributed by atoms with E-state index in [0.717, 1.165) is 10.8 Å². The highest BCUT2D eigenvalue weighted by Crippen LogP contribution is 2.23. The van der Waals surface area contributed by atoms with Gasteiger partial charge in [-0.3, -0.25) is 11.3 Å². The van der Waals surface area contributed by atoms with Crippen LogP contribution in [0, 0.1) is 0 Å². The van der Waals surface area contributed by atoms with Gasteiger partial charge >= 0.3 is 0 Å². The summed E-state index contributed by atoms with van der Waals surface area (Å²) in [5.74, 6) is 5.50. The SMILES string of the molecule is CCOC(C)C(Cc1ccc(Cl)s1)NN. The molecule has 3 nitrogen and oxygen atoms in total. The average molecular weight is 249 g/mol. The molecule has 1 rings (SSSR count). The zero-order valence-electron chi connectivity index (χ0n) is 9.00. The van der Waals surface area contributed by atoms with Crippen molar-refractivity contribution >= 4 is 22.9 Å². The topological polar surface area (TPSA) is 47.3 Å². The predicted octanol–water partition coefficient (Wildman–Crippen LogP) is 2.20. The van der Waals surface area contributed by atoms with Crippen molar-refractivity contribution in [2.45, 2.75) is 32.4 Å². The summed E-state index contributed by atoms with van der Waals surface area (Å²) < 4.78 is 6.31.